The summed E-state index contributed by atoms with van der Waals surface area (Å²) < 4.78 is 40.1. The van der Waals surface area contributed by atoms with Crippen molar-refractivity contribution in [1.29, 1.82) is 0 Å². The molecule has 21 heavy (non-hydrogen) atoms. The number of nitrogens with two attached hydrogens (primary N) is 1. The molecule has 0 radical (unpaired) electrons. The Bertz CT molecular complexity index is 667. The van der Waals surface area contributed by atoms with Crippen LogP contribution in [0.25, 0.3) is 11.0 Å². The van der Waals surface area contributed by atoms with Crippen LogP contribution in [0.3, 0.4) is 0 Å². The fraction of sp³-hybridized carbons (Fsp3) is 0.533. The van der Waals surface area contributed by atoms with E-state index in [0.717, 1.165) is 25.0 Å². The summed E-state index contributed by atoms with van der Waals surface area (Å²) in [6.45, 7) is 2.91. The van der Waals surface area contributed by atoms with Crippen LogP contribution < -0.4 is 5.73 Å². The van der Waals surface area contributed by atoms with Crippen molar-refractivity contribution in [3.63, 3.8) is 0 Å². The molecule has 1 saturated carbocycles. The van der Waals surface area contributed by atoms with Gasteiger partial charge in [-0.05, 0) is 36.5 Å². The van der Waals surface area contributed by atoms with Gasteiger partial charge in [-0.1, -0.05) is 19.8 Å². The molecule has 1 aliphatic carbocycles. The second-order valence-corrected chi connectivity index (χ2v) is 6.28. The van der Waals surface area contributed by atoms with Crippen molar-refractivity contribution in [3.8, 4) is 0 Å². The summed E-state index contributed by atoms with van der Waals surface area (Å²) in [6, 6.07) is 3.63. The number of hydrogen-bond donors (Lipinski definition) is 1. The van der Waals surface area contributed by atoms with Crippen molar-refractivity contribution < 1.29 is 13.2 Å². The van der Waals surface area contributed by atoms with Crippen LogP contribution in [0.4, 0.5) is 19.1 Å². The van der Waals surface area contributed by atoms with E-state index in [1.54, 1.807) is 0 Å². The number of halogens is 3. The van der Waals surface area contributed by atoms with Gasteiger partial charge in [-0.3, -0.25) is 0 Å². The van der Waals surface area contributed by atoms with Gasteiger partial charge < -0.3 is 10.3 Å². The number of benzene rings is 1. The molecule has 0 spiro atoms. The van der Waals surface area contributed by atoms with E-state index in [2.05, 4.69) is 11.9 Å². The summed E-state index contributed by atoms with van der Waals surface area (Å²) in [5.74, 6) is 0.289. The fourth-order valence-corrected chi connectivity index (χ4v) is 3.26. The molecule has 2 N–H and O–H groups in total. The van der Waals surface area contributed by atoms with Crippen molar-refractivity contribution in [2.45, 2.75) is 45.3 Å². The highest BCUT2D eigenvalue weighted by Crippen LogP contribution is 2.40. The summed E-state index contributed by atoms with van der Waals surface area (Å²) >= 11 is 0. The maximum atomic E-state index is 12.7. The number of aromatic nitrogens is 2. The molecule has 1 aromatic carbocycles. The minimum Gasteiger partial charge on any atom is -0.369 e. The molecule has 0 bridgehead atoms. The van der Waals surface area contributed by atoms with E-state index in [4.69, 9.17) is 5.73 Å². The van der Waals surface area contributed by atoms with Gasteiger partial charge in [-0.15, -0.1) is 0 Å². The Morgan fingerprint density at radius 3 is 2.57 bits per heavy atom. The maximum absolute atomic E-state index is 12.7. The number of nitrogen functional groups attached to an aromatic ring is 1. The fourth-order valence-electron chi connectivity index (χ4n) is 3.26. The predicted molar refractivity (Wildman–Crippen MR) is 75.7 cm³/mol. The zero-order valence-electron chi connectivity index (χ0n) is 11.9. The van der Waals surface area contributed by atoms with Gasteiger partial charge in [-0.2, -0.15) is 13.2 Å². The quantitative estimate of drug-likeness (QED) is 0.902. The maximum Gasteiger partial charge on any atom is 0.416 e. The highest BCUT2D eigenvalue weighted by atomic mass is 19.4. The number of anilines is 1. The third-order valence-electron chi connectivity index (χ3n) is 4.46. The number of rotatable bonds is 2. The molecule has 1 heterocycles. The normalized spacial score (nSPS) is 18.5. The van der Waals surface area contributed by atoms with Crippen molar-refractivity contribution in [2.75, 3.05) is 5.73 Å². The first-order valence-electron chi connectivity index (χ1n) is 7.11. The lowest BCUT2D eigenvalue weighted by atomic mass is 9.89. The molecule has 0 amide bonds. The number of hydrogen-bond acceptors (Lipinski definition) is 2. The van der Waals surface area contributed by atoms with Crippen molar-refractivity contribution in [1.82, 2.24) is 9.55 Å². The molecule has 1 aliphatic rings. The molecule has 1 fully saturated rings. The molecule has 0 atom stereocenters. The molecule has 0 saturated heterocycles. The monoisotopic (exact) mass is 297 g/mol. The minimum atomic E-state index is -4.36. The molecular formula is C15H18F3N3. The first-order valence-corrected chi connectivity index (χ1v) is 7.11. The van der Waals surface area contributed by atoms with Crippen LogP contribution in [0.1, 0.15) is 38.2 Å². The van der Waals surface area contributed by atoms with E-state index in [0.29, 0.717) is 17.6 Å². The summed E-state index contributed by atoms with van der Waals surface area (Å²) in [6.07, 6.45) is 0.270. The smallest absolute Gasteiger partial charge is 0.369 e. The average molecular weight is 297 g/mol. The summed E-state index contributed by atoms with van der Waals surface area (Å²) in [7, 11) is 0. The van der Waals surface area contributed by atoms with E-state index < -0.39 is 11.7 Å². The average Bonchev–Trinajstić information content (AvgIpc) is 2.94. The first kappa shape index (κ1) is 14.2. The van der Waals surface area contributed by atoms with Gasteiger partial charge in [0.1, 0.15) is 0 Å². The van der Waals surface area contributed by atoms with Crippen LogP contribution in [0.5, 0.6) is 0 Å². The highest BCUT2D eigenvalue weighted by Gasteiger charge is 2.32. The van der Waals surface area contributed by atoms with Crippen LogP contribution in [0.15, 0.2) is 18.2 Å². The summed E-state index contributed by atoms with van der Waals surface area (Å²) in [4.78, 5) is 4.10. The van der Waals surface area contributed by atoms with Crippen molar-refractivity contribution >= 4 is 17.0 Å². The van der Waals surface area contributed by atoms with E-state index >= 15 is 0 Å². The lowest BCUT2D eigenvalue weighted by Crippen LogP contribution is -2.20. The minimum absolute atomic E-state index is 0.157. The first-order chi connectivity index (χ1) is 9.78. The molecule has 3 rings (SSSR count). The molecule has 1 aromatic heterocycles. The van der Waals surface area contributed by atoms with Crippen molar-refractivity contribution in [2.24, 2.45) is 5.41 Å². The zero-order valence-corrected chi connectivity index (χ0v) is 11.9. The summed E-state index contributed by atoms with van der Waals surface area (Å²) in [5, 5.41) is 0. The molecule has 0 aliphatic heterocycles. The van der Waals surface area contributed by atoms with E-state index in [1.165, 1.54) is 18.9 Å². The van der Waals surface area contributed by atoms with E-state index in [-0.39, 0.29) is 11.4 Å². The molecule has 2 aromatic rings. The number of imidazole rings is 1. The standard InChI is InChI=1S/C15H18F3N3/c1-14(6-2-3-7-14)9-21-12-5-4-10(15(16,17)18)8-11(12)20-13(21)19/h4-5,8H,2-3,6-7,9H2,1H3,(H2,19,20). The Hall–Kier alpha value is -1.72. The highest BCUT2D eigenvalue weighted by molar-refractivity contribution is 5.79. The molecule has 0 unspecified atom stereocenters. The van der Waals surface area contributed by atoms with E-state index in [1.807, 2.05) is 4.57 Å². The van der Waals surface area contributed by atoms with Crippen molar-refractivity contribution in [3.05, 3.63) is 23.8 Å². The number of nitrogens with zero attached hydrogens (tertiary/aromatic N) is 2. The van der Waals surface area contributed by atoms with Gasteiger partial charge in [0.05, 0.1) is 16.6 Å². The lowest BCUT2D eigenvalue weighted by Gasteiger charge is -2.24. The Balaban J connectivity index is 2.02. The zero-order chi connectivity index (χ0) is 15.3. The molecule has 6 heteroatoms. The molecule has 114 valence electrons. The SMILES string of the molecule is CC1(Cn2c(N)nc3cc(C(F)(F)F)ccc32)CCCC1. The third-order valence-corrected chi connectivity index (χ3v) is 4.46. The summed E-state index contributed by atoms with van der Waals surface area (Å²) in [5.41, 5.74) is 6.37. The number of alkyl halides is 3. The second-order valence-electron chi connectivity index (χ2n) is 6.28. The predicted octanol–water partition coefficient (Wildman–Crippen LogP) is 4.22. The van der Waals surface area contributed by atoms with Crippen LogP contribution >= 0.6 is 0 Å². The van der Waals surface area contributed by atoms with Gasteiger partial charge in [0.15, 0.2) is 0 Å². The molecule has 3 nitrogen and oxygen atoms in total. The van der Waals surface area contributed by atoms with Crippen LogP contribution in [0, 0.1) is 5.41 Å². The van der Waals surface area contributed by atoms with Gasteiger partial charge in [-0.25, -0.2) is 4.98 Å². The Morgan fingerprint density at radius 1 is 1.29 bits per heavy atom. The Labute approximate surface area is 121 Å². The Morgan fingerprint density at radius 2 is 1.95 bits per heavy atom. The third kappa shape index (κ3) is 2.59. The van der Waals surface area contributed by atoms with Crippen LogP contribution in [-0.4, -0.2) is 9.55 Å². The van der Waals surface area contributed by atoms with Gasteiger partial charge in [0.2, 0.25) is 5.95 Å². The second kappa shape index (κ2) is 4.64. The Kier molecular flexibility index (Phi) is 3.15. The lowest BCUT2D eigenvalue weighted by molar-refractivity contribution is -0.137. The largest absolute Gasteiger partial charge is 0.416 e. The van der Waals surface area contributed by atoms with Gasteiger partial charge in [0.25, 0.3) is 0 Å². The van der Waals surface area contributed by atoms with Crippen LogP contribution in [0.2, 0.25) is 0 Å². The van der Waals surface area contributed by atoms with Gasteiger partial charge >= 0.3 is 6.18 Å². The number of fused-ring (bicyclic) bond motifs is 1. The topological polar surface area (TPSA) is 43.8 Å². The molecular weight excluding hydrogens is 279 g/mol. The van der Waals surface area contributed by atoms with Crippen LogP contribution in [-0.2, 0) is 12.7 Å². The van der Waals surface area contributed by atoms with E-state index in [9.17, 15) is 13.2 Å². The van der Waals surface area contributed by atoms with Gasteiger partial charge in [0, 0.05) is 6.54 Å².